The number of rotatable bonds is 4. The molecule has 2 aromatic rings. The van der Waals surface area contributed by atoms with Crippen LogP contribution >= 0.6 is 0 Å². The molecule has 0 radical (unpaired) electrons. The average molecular weight is 258 g/mol. The van der Waals surface area contributed by atoms with Gasteiger partial charge >= 0.3 is 0 Å². The number of oxazole rings is 1. The first-order valence-corrected chi connectivity index (χ1v) is 6.49. The SMILES string of the molecule is Cc1nc(-c2ccc(NCC3(C)COC3)cc2)co1. The largest absolute Gasteiger partial charge is 0.449 e. The lowest BCUT2D eigenvalue weighted by Gasteiger charge is -2.38. The van der Waals surface area contributed by atoms with Crippen molar-refractivity contribution in [3.8, 4) is 11.3 Å². The van der Waals surface area contributed by atoms with Gasteiger partial charge in [-0.15, -0.1) is 0 Å². The summed E-state index contributed by atoms with van der Waals surface area (Å²) in [6, 6.07) is 8.25. The number of aryl methyl sites for hydroxylation is 1. The lowest BCUT2D eigenvalue weighted by atomic mass is 9.88. The molecular formula is C15H18N2O2. The second-order valence-corrected chi connectivity index (χ2v) is 5.49. The molecule has 100 valence electrons. The van der Waals surface area contributed by atoms with E-state index in [-0.39, 0.29) is 5.41 Å². The summed E-state index contributed by atoms with van der Waals surface area (Å²) >= 11 is 0. The second-order valence-electron chi connectivity index (χ2n) is 5.49. The molecule has 1 fully saturated rings. The van der Waals surface area contributed by atoms with Gasteiger partial charge in [-0.25, -0.2) is 4.98 Å². The van der Waals surface area contributed by atoms with Crippen LogP contribution in [0.1, 0.15) is 12.8 Å². The molecule has 0 amide bonds. The lowest BCUT2D eigenvalue weighted by Crippen LogP contribution is -2.45. The molecule has 1 N–H and O–H groups in total. The van der Waals surface area contributed by atoms with Crippen LogP contribution in [0.2, 0.25) is 0 Å². The Labute approximate surface area is 112 Å². The van der Waals surface area contributed by atoms with E-state index in [1.54, 1.807) is 6.26 Å². The fourth-order valence-corrected chi connectivity index (χ4v) is 2.12. The Bertz CT molecular complexity index is 556. The van der Waals surface area contributed by atoms with Gasteiger partial charge < -0.3 is 14.5 Å². The van der Waals surface area contributed by atoms with E-state index < -0.39 is 0 Å². The highest BCUT2D eigenvalue weighted by Crippen LogP contribution is 2.27. The van der Waals surface area contributed by atoms with Gasteiger partial charge in [0.25, 0.3) is 0 Å². The molecule has 1 aromatic carbocycles. The summed E-state index contributed by atoms with van der Waals surface area (Å²) in [7, 11) is 0. The third kappa shape index (κ3) is 2.63. The fraction of sp³-hybridized carbons (Fsp3) is 0.400. The third-order valence-electron chi connectivity index (χ3n) is 3.42. The van der Waals surface area contributed by atoms with Crippen molar-refractivity contribution in [2.75, 3.05) is 25.1 Å². The van der Waals surface area contributed by atoms with E-state index in [2.05, 4.69) is 41.5 Å². The molecule has 4 nitrogen and oxygen atoms in total. The molecule has 0 aliphatic carbocycles. The van der Waals surface area contributed by atoms with Gasteiger partial charge in [-0.05, 0) is 12.1 Å². The molecule has 0 saturated carbocycles. The molecule has 2 heterocycles. The minimum atomic E-state index is 0.280. The molecule has 1 aliphatic rings. The van der Waals surface area contributed by atoms with Crippen molar-refractivity contribution in [3.63, 3.8) is 0 Å². The summed E-state index contributed by atoms with van der Waals surface area (Å²) < 4.78 is 10.5. The summed E-state index contributed by atoms with van der Waals surface area (Å²) in [5, 5.41) is 3.45. The second kappa shape index (κ2) is 4.70. The predicted molar refractivity (Wildman–Crippen MR) is 74.1 cm³/mol. The zero-order chi connectivity index (χ0) is 13.3. The molecule has 0 bridgehead atoms. The maximum atomic E-state index is 5.25. The van der Waals surface area contributed by atoms with E-state index >= 15 is 0 Å². The van der Waals surface area contributed by atoms with Gasteiger partial charge in [0.1, 0.15) is 12.0 Å². The van der Waals surface area contributed by atoms with Gasteiger partial charge in [-0.2, -0.15) is 0 Å². The molecule has 0 spiro atoms. The monoisotopic (exact) mass is 258 g/mol. The molecule has 4 heteroatoms. The third-order valence-corrected chi connectivity index (χ3v) is 3.42. The highest BCUT2D eigenvalue weighted by molar-refractivity contribution is 5.61. The predicted octanol–water partition coefficient (Wildman–Crippen LogP) is 3.10. The Hall–Kier alpha value is -1.81. The number of hydrogen-bond donors (Lipinski definition) is 1. The Balaban J connectivity index is 1.65. The normalized spacial score (nSPS) is 16.9. The van der Waals surface area contributed by atoms with Crippen molar-refractivity contribution in [3.05, 3.63) is 36.4 Å². The summed E-state index contributed by atoms with van der Waals surface area (Å²) in [4.78, 5) is 4.31. The first kappa shape index (κ1) is 12.2. The zero-order valence-electron chi connectivity index (χ0n) is 11.3. The van der Waals surface area contributed by atoms with Crippen LogP contribution in [0.25, 0.3) is 11.3 Å². The van der Waals surface area contributed by atoms with E-state index in [4.69, 9.17) is 9.15 Å². The number of anilines is 1. The van der Waals surface area contributed by atoms with Gasteiger partial charge in [-0.3, -0.25) is 0 Å². The Morgan fingerprint density at radius 2 is 2.00 bits per heavy atom. The Morgan fingerprint density at radius 3 is 2.53 bits per heavy atom. The molecule has 1 aliphatic heterocycles. The van der Waals surface area contributed by atoms with Gasteiger partial charge in [-0.1, -0.05) is 19.1 Å². The van der Waals surface area contributed by atoms with Crippen LogP contribution in [0, 0.1) is 12.3 Å². The van der Waals surface area contributed by atoms with Crippen molar-refractivity contribution in [1.29, 1.82) is 0 Å². The number of hydrogen-bond acceptors (Lipinski definition) is 4. The van der Waals surface area contributed by atoms with Gasteiger partial charge in [0.05, 0.1) is 13.2 Å². The molecule has 3 rings (SSSR count). The van der Waals surface area contributed by atoms with Gasteiger partial charge in [0, 0.05) is 30.1 Å². The summed E-state index contributed by atoms with van der Waals surface area (Å²) in [6.07, 6.45) is 1.69. The number of benzene rings is 1. The van der Waals surface area contributed by atoms with Crippen LogP contribution < -0.4 is 5.32 Å². The first-order valence-electron chi connectivity index (χ1n) is 6.49. The molecule has 19 heavy (non-hydrogen) atoms. The molecule has 0 atom stereocenters. The van der Waals surface area contributed by atoms with Crippen LogP contribution in [-0.4, -0.2) is 24.7 Å². The van der Waals surface area contributed by atoms with Gasteiger partial charge in [0.2, 0.25) is 0 Å². The topological polar surface area (TPSA) is 47.3 Å². The lowest BCUT2D eigenvalue weighted by molar-refractivity contribution is -0.0924. The van der Waals surface area contributed by atoms with Crippen LogP contribution in [0.15, 0.2) is 34.9 Å². The highest BCUT2D eigenvalue weighted by atomic mass is 16.5. The molecular weight excluding hydrogens is 240 g/mol. The standard InChI is InChI=1S/C15H18N2O2/c1-11-17-14(7-19-11)12-3-5-13(6-4-12)16-8-15(2)9-18-10-15/h3-7,16H,8-10H2,1-2H3. The molecule has 0 unspecified atom stereocenters. The maximum Gasteiger partial charge on any atom is 0.191 e. The quantitative estimate of drug-likeness (QED) is 0.915. The van der Waals surface area contributed by atoms with Crippen molar-refractivity contribution >= 4 is 5.69 Å². The van der Waals surface area contributed by atoms with Crippen molar-refractivity contribution in [2.45, 2.75) is 13.8 Å². The average Bonchev–Trinajstić information content (AvgIpc) is 2.81. The summed E-state index contributed by atoms with van der Waals surface area (Å²) in [6.45, 7) is 6.71. The summed E-state index contributed by atoms with van der Waals surface area (Å²) in [5.74, 6) is 0.690. The zero-order valence-corrected chi connectivity index (χ0v) is 11.3. The number of ether oxygens (including phenoxy) is 1. The number of aromatic nitrogens is 1. The summed E-state index contributed by atoms with van der Waals surface area (Å²) in [5.41, 5.74) is 3.35. The van der Waals surface area contributed by atoms with Crippen molar-refractivity contribution < 1.29 is 9.15 Å². The van der Waals surface area contributed by atoms with E-state index in [1.165, 1.54) is 0 Å². The Morgan fingerprint density at radius 1 is 1.26 bits per heavy atom. The van der Waals surface area contributed by atoms with E-state index in [9.17, 15) is 0 Å². The van der Waals surface area contributed by atoms with Crippen LogP contribution in [0.4, 0.5) is 5.69 Å². The first-order chi connectivity index (χ1) is 9.15. The minimum Gasteiger partial charge on any atom is -0.449 e. The number of nitrogens with zero attached hydrogens (tertiary/aromatic N) is 1. The van der Waals surface area contributed by atoms with Gasteiger partial charge in [0.15, 0.2) is 5.89 Å². The van der Waals surface area contributed by atoms with Crippen molar-refractivity contribution in [2.24, 2.45) is 5.41 Å². The Kier molecular flexibility index (Phi) is 3.03. The van der Waals surface area contributed by atoms with Crippen LogP contribution in [-0.2, 0) is 4.74 Å². The van der Waals surface area contributed by atoms with Crippen LogP contribution in [0.3, 0.4) is 0 Å². The smallest absolute Gasteiger partial charge is 0.191 e. The van der Waals surface area contributed by atoms with E-state index in [0.29, 0.717) is 5.89 Å². The number of nitrogens with one attached hydrogen (secondary N) is 1. The highest BCUT2D eigenvalue weighted by Gasteiger charge is 2.32. The maximum absolute atomic E-state index is 5.25. The van der Waals surface area contributed by atoms with E-state index in [0.717, 1.165) is 36.7 Å². The van der Waals surface area contributed by atoms with Crippen molar-refractivity contribution in [1.82, 2.24) is 4.98 Å². The minimum absolute atomic E-state index is 0.280. The molecule has 1 saturated heterocycles. The molecule has 1 aromatic heterocycles. The van der Waals surface area contributed by atoms with E-state index in [1.807, 2.05) is 6.92 Å². The fourth-order valence-electron chi connectivity index (χ4n) is 2.12. The van der Waals surface area contributed by atoms with Crippen LogP contribution in [0.5, 0.6) is 0 Å².